The van der Waals surface area contributed by atoms with Gasteiger partial charge in [0, 0.05) is 13.2 Å². The van der Waals surface area contributed by atoms with Crippen LogP contribution in [0.2, 0.25) is 0 Å². The molecule has 106 valence electrons. The normalized spacial score (nSPS) is 12.9. The number of rotatable bonds is 5. The van der Waals surface area contributed by atoms with E-state index in [0.29, 0.717) is 0 Å². The monoisotopic (exact) mass is 277 g/mol. The number of benzene rings is 1. The van der Waals surface area contributed by atoms with E-state index >= 15 is 0 Å². The highest BCUT2D eigenvalue weighted by Gasteiger charge is 2.32. The number of carbonyl (C=O) groups is 1. The molecule has 0 aromatic heterocycles. The summed E-state index contributed by atoms with van der Waals surface area (Å²) in [6, 6.07) is 5.08. The molecule has 0 saturated carbocycles. The zero-order chi connectivity index (χ0) is 14.5. The van der Waals surface area contributed by atoms with E-state index in [1.165, 1.54) is 18.2 Å². The van der Waals surface area contributed by atoms with Gasteiger partial charge < -0.3 is 15.2 Å². The van der Waals surface area contributed by atoms with Gasteiger partial charge in [-0.25, -0.2) is 0 Å². The Bertz CT molecular complexity index is 434. The molecule has 0 radical (unpaired) electrons. The van der Waals surface area contributed by atoms with Crippen molar-refractivity contribution in [3.63, 3.8) is 0 Å². The van der Waals surface area contributed by atoms with Crippen LogP contribution in [0.1, 0.15) is 17.3 Å². The van der Waals surface area contributed by atoms with Crippen LogP contribution in [-0.4, -0.2) is 30.5 Å². The summed E-state index contributed by atoms with van der Waals surface area (Å²) in [5.74, 6) is -1.41. The molecular formula is C12H14F3NO3. The molecular weight excluding hydrogens is 263 g/mol. The number of amides is 1. The molecule has 19 heavy (non-hydrogen) atoms. The van der Waals surface area contributed by atoms with Crippen LogP contribution in [0.15, 0.2) is 24.3 Å². The Morgan fingerprint density at radius 3 is 2.63 bits per heavy atom. The Hall–Kier alpha value is -1.76. The van der Waals surface area contributed by atoms with Gasteiger partial charge in [0.25, 0.3) is 5.91 Å². The van der Waals surface area contributed by atoms with Crippen LogP contribution < -0.4 is 10.1 Å². The zero-order valence-corrected chi connectivity index (χ0v) is 10.2. The van der Waals surface area contributed by atoms with Crippen molar-refractivity contribution < 1.29 is 27.8 Å². The molecule has 0 saturated heterocycles. The fourth-order valence-corrected chi connectivity index (χ4v) is 1.29. The average molecular weight is 277 g/mol. The topological polar surface area (TPSA) is 58.6 Å². The molecule has 0 heterocycles. The minimum atomic E-state index is -4.85. The highest BCUT2D eigenvalue weighted by molar-refractivity contribution is 5.96. The summed E-state index contributed by atoms with van der Waals surface area (Å²) >= 11 is 0. The van der Waals surface area contributed by atoms with Crippen molar-refractivity contribution in [2.45, 2.75) is 13.3 Å². The third-order valence-electron chi connectivity index (χ3n) is 2.28. The van der Waals surface area contributed by atoms with E-state index in [1.807, 2.05) is 0 Å². The summed E-state index contributed by atoms with van der Waals surface area (Å²) in [7, 11) is 0. The molecule has 4 nitrogen and oxygen atoms in total. The molecule has 1 rings (SSSR count). The van der Waals surface area contributed by atoms with Crippen molar-refractivity contribution in [3.05, 3.63) is 29.8 Å². The van der Waals surface area contributed by atoms with Gasteiger partial charge in [0.05, 0.1) is 5.56 Å². The molecule has 0 spiro atoms. The molecule has 0 bridgehead atoms. The second kappa shape index (κ2) is 6.42. The maximum absolute atomic E-state index is 12.2. The molecule has 0 fully saturated rings. The predicted octanol–water partition coefficient (Wildman–Crippen LogP) is 1.94. The number of para-hydroxylation sites is 1. The van der Waals surface area contributed by atoms with E-state index in [-0.39, 0.29) is 24.6 Å². The van der Waals surface area contributed by atoms with Crippen LogP contribution in [0.3, 0.4) is 0 Å². The molecule has 1 aromatic carbocycles. The lowest BCUT2D eigenvalue weighted by molar-refractivity contribution is -0.274. The first-order valence-electron chi connectivity index (χ1n) is 5.57. The Balaban J connectivity index is 2.79. The lowest BCUT2D eigenvalue weighted by atomic mass is 10.1. The number of ether oxygens (including phenoxy) is 1. The number of carbonyl (C=O) groups excluding carboxylic acids is 1. The fraction of sp³-hybridized carbons (Fsp3) is 0.417. The Morgan fingerprint density at radius 1 is 1.42 bits per heavy atom. The van der Waals surface area contributed by atoms with E-state index in [9.17, 15) is 18.0 Å². The quantitative estimate of drug-likeness (QED) is 0.864. The number of nitrogens with one attached hydrogen (secondary N) is 1. The van der Waals surface area contributed by atoms with Gasteiger partial charge in [-0.05, 0) is 18.1 Å². The highest BCUT2D eigenvalue weighted by atomic mass is 19.4. The van der Waals surface area contributed by atoms with Gasteiger partial charge in [0.2, 0.25) is 0 Å². The van der Waals surface area contributed by atoms with Gasteiger partial charge in [-0.3, -0.25) is 4.79 Å². The molecule has 1 amide bonds. The molecule has 0 aliphatic carbocycles. The number of aliphatic hydroxyl groups excluding tert-OH is 1. The molecule has 7 heteroatoms. The van der Waals surface area contributed by atoms with Crippen molar-refractivity contribution >= 4 is 5.91 Å². The second-order valence-corrected chi connectivity index (χ2v) is 4.04. The standard InChI is InChI=1S/C12H14F3NO3/c1-8(7-17)6-16-11(18)9-4-2-3-5-10(9)19-12(13,14)15/h2-5,8,17H,6-7H2,1H3,(H,16,18). The van der Waals surface area contributed by atoms with Crippen LogP contribution in [-0.2, 0) is 0 Å². The smallest absolute Gasteiger partial charge is 0.405 e. The number of alkyl halides is 3. The summed E-state index contributed by atoms with van der Waals surface area (Å²) < 4.78 is 40.3. The van der Waals surface area contributed by atoms with Crippen molar-refractivity contribution in [3.8, 4) is 5.75 Å². The SMILES string of the molecule is CC(CO)CNC(=O)c1ccccc1OC(F)(F)F. The summed E-state index contributed by atoms with van der Waals surface area (Å²) in [6.07, 6.45) is -4.85. The zero-order valence-electron chi connectivity index (χ0n) is 10.2. The number of halogens is 3. The minimum absolute atomic E-state index is 0.124. The van der Waals surface area contributed by atoms with Gasteiger partial charge in [-0.2, -0.15) is 0 Å². The first-order chi connectivity index (χ1) is 8.83. The number of hydrogen-bond acceptors (Lipinski definition) is 3. The largest absolute Gasteiger partial charge is 0.573 e. The Kier molecular flexibility index (Phi) is 5.17. The van der Waals surface area contributed by atoms with Crippen molar-refractivity contribution in [1.29, 1.82) is 0 Å². The summed E-state index contributed by atoms with van der Waals surface area (Å²) in [5.41, 5.74) is -0.204. The maximum atomic E-state index is 12.2. The highest BCUT2D eigenvalue weighted by Crippen LogP contribution is 2.26. The Morgan fingerprint density at radius 2 is 2.05 bits per heavy atom. The van der Waals surface area contributed by atoms with Crippen LogP contribution in [0.5, 0.6) is 5.75 Å². The van der Waals surface area contributed by atoms with Crippen LogP contribution >= 0.6 is 0 Å². The van der Waals surface area contributed by atoms with Crippen molar-refractivity contribution in [1.82, 2.24) is 5.32 Å². The van der Waals surface area contributed by atoms with Crippen molar-refractivity contribution in [2.24, 2.45) is 5.92 Å². The van der Waals surface area contributed by atoms with Crippen LogP contribution in [0.4, 0.5) is 13.2 Å². The fourth-order valence-electron chi connectivity index (χ4n) is 1.29. The molecule has 0 aliphatic rings. The van der Waals surface area contributed by atoms with E-state index in [2.05, 4.69) is 10.1 Å². The third kappa shape index (κ3) is 5.17. The molecule has 0 aliphatic heterocycles. The van der Waals surface area contributed by atoms with Gasteiger partial charge in [-0.1, -0.05) is 19.1 Å². The molecule has 1 unspecified atom stereocenters. The second-order valence-electron chi connectivity index (χ2n) is 4.04. The van der Waals surface area contributed by atoms with Crippen LogP contribution in [0.25, 0.3) is 0 Å². The van der Waals surface area contributed by atoms with E-state index in [0.717, 1.165) is 6.07 Å². The minimum Gasteiger partial charge on any atom is -0.405 e. The third-order valence-corrected chi connectivity index (χ3v) is 2.28. The molecule has 2 N–H and O–H groups in total. The van der Waals surface area contributed by atoms with Gasteiger partial charge in [0.1, 0.15) is 5.75 Å². The first kappa shape index (κ1) is 15.3. The van der Waals surface area contributed by atoms with E-state index in [4.69, 9.17) is 5.11 Å². The Labute approximate surface area is 108 Å². The lowest BCUT2D eigenvalue weighted by Crippen LogP contribution is -2.30. The summed E-state index contributed by atoms with van der Waals surface area (Å²) in [4.78, 5) is 11.7. The van der Waals surface area contributed by atoms with Crippen molar-refractivity contribution in [2.75, 3.05) is 13.2 Å². The predicted molar refractivity (Wildman–Crippen MR) is 61.7 cm³/mol. The number of aliphatic hydroxyl groups is 1. The molecule has 1 atom stereocenters. The lowest BCUT2D eigenvalue weighted by Gasteiger charge is -2.14. The number of hydrogen-bond donors (Lipinski definition) is 2. The average Bonchev–Trinajstić information content (AvgIpc) is 2.34. The maximum Gasteiger partial charge on any atom is 0.573 e. The summed E-state index contributed by atoms with van der Waals surface area (Å²) in [5, 5.41) is 11.2. The van der Waals surface area contributed by atoms with Crippen LogP contribution in [0, 0.1) is 5.92 Å². The van der Waals surface area contributed by atoms with Gasteiger partial charge >= 0.3 is 6.36 Å². The first-order valence-corrected chi connectivity index (χ1v) is 5.57. The summed E-state index contributed by atoms with van der Waals surface area (Å²) in [6.45, 7) is 1.73. The van der Waals surface area contributed by atoms with Gasteiger partial charge in [-0.15, -0.1) is 13.2 Å². The van der Waals surface area contributed by atoms with E-state index < -0.39 is 18.0 Å². The molecule has 1 aromatic rings. The van der Waals surface area contributed by atoms with Gasteiger partial charge in [0.15, 0.2) is 0 Å². The van der Waals surface area contributed by atoms with E-state index in [1.54, 1.807) is 6.92 Å².